The van der Waals surface area contributed by atoms with Crippen LogP contribution in [-0.2, 0) is 0 Å². The van der Waals surface area contributed by atoms with Crippen molar-refractivity contribution in [2.45, 2.75) is 71.4 Å². The number of rotatable bonds is 6. The maximum Gasteiger partial charge on any atom is 0.0105 e. The van der Waals surface area contributed by atoms with Crippen LogP contribution in [0.4, 0.5) is 0 Å². The summed E-state index contributed by atoms with van der Waals surface area (Å²) in [7, 11) is 0. The Morgan fingerprint density at radius 1 is 1.11 bits per heavy atom. The molecule has 2 aliphatic rings. The van der Waals surface area contributed by atoms with Gasteiger partial charge >= 0.3 is 0 Å². The molecule has 1 aliphatic heterocycles. The molecular weight excluding hydrogens is 220 g/mol. The molecule has 18 heavy (non-hydrogen) atoms. The van der Waals surface area contributed by atoms with Crippen molar-refractivity contribution in [2.75, 3.05) is 19.6 Å². The Balaban J connectivity index is 1.73. The van der Waals surface area contributed by atoms with Crippen LogP contribution in [0, 0.1) is 11.8 Å². The summed E-state index contributed by atoms with van der Waals surface area (Å²) in [6.45, 7) is 11.1. The summed E-state index contributed by atoms with van der Waals surface area (Å²) in [5.74, 6) is 1.77. The van der Waals surface area contributed by atoms with Crippen LogP contribution in [0.15, 0.2) is 0 Å². The monoisotopic (exact) mass is 252 g/mol. The summed E-state index contributed by atoms with van der Waals surface area (Å²) >= 11 is 0. The van der Waals surface area contributed by atoms with E-state index >= 15 is 0 Å². The summed E-state index contributed by atoms with van der Waals surface area (Å²) in [6, 6.07) is 1.60. The van der Waals surface area contributed by atoms with Crippen molar-refractivity contribution in [1.29, 1.82) is 0 Å². The third-order valence-electron chi connectivity index (χ3n) is 5.16. The Morgan fingerprint density at radius 3 is 2.56 bits per heavy atom. The Labute approximate surface area is 114 Å². The molecule has 3 unspecified atom stereocenters. The molecule has 1 saturated heterocycles. The molecule has 2 rings (SSSR count). The maximum atomic E-state index is 3.69. The normalized spacial score (nSPS) is 29.8. The fraction of sp³-hybridized carbons (Fsp3) is 1.00. The van der Waals surface area contributed by atoms with E-state index in [2.05, 4.69) is 31.0 Å². The summed E-state index contributed by atoms with van der Waals surface area (Å²) in [5.41, 5.74) is 0. The lowest BCUT2D eigenvalue weighted by Crippen LogP contribution is -2.42. The molecule has 2 heteroatoms. The minimum atomic E-state index is 0.742. The van der Waals surface area contributed by atoms with Gasteiger partial charge in [-0.25, -0.2) is 0 Å². The van der Waals surface area contributed by atoms with E-state index in [1.807, 2.05) is 0 Å². The number of hydrogen-bond donors (Lipinski definition) is 1. The average Bonchev–Trinajstić information content (AvgIpc) is 3.21. The van der Waals surface area contributed by atoms with Gasteiger partial charge in [0.05, 0.1) is 0 Å². The number of likely N-dealkylation sites (tertiary alicyclic amines) is 1. The number of nitrogens with zero attached hydrogens (tertiary/aromatic N) is 1. The van der Waals surface area contributed by atoms with E-state index in [-0.39, 0.29) is 0 Å². The van der Waals surface area contributed by atoms with Gasteiger partial charge in [-0.1, -0.05) is 20.3 Å². The van der Waals surface area contributed by atoms with Gasteiger partial charge in [0.1, 0.15) is 0 Å². The number of nitrogens with one attached hydrogen (secondary N) is 1. The van der Waals surface area contributed by atoms with Gasteiger partial charge < -0.3 is 10.2 Å². The highest BCUT2D eigenvalue weighted by molar-refractivity contribution is 4.84. The molecule has 3 atom stereocenters. The van der Waals surface area contributed by atoms with Crippen molar-refractivity contribution in [2.24, 2.45) is 11.8 Å². The van der Waals surface area contributed by atoms with Gasteiger partial charge in [0.15, 0.2) is 0 Å². The average molecular weight is 252 g/mol. The molecule has 1 aliphatic carbocycles. The van der Waals surface area contributed by atoms with Gasteiger partial charge in [0, 0.05) is 12.1 Å². The fourth-order valence-electron chi connectivity index (χ4n) is 3.17. The van der Waals surface area contributed by atoms with Gasteiger partial charge in [-0.15, -0.1) is 0 Å². The third kappa shape index (κ3) is 4.24. The molecule has 0 aromatic heterocycles. The summed E-state index contributed by atoms with van der Waals surface area (Å²) in [4.78, 5) is 2.74. The van der Waals surface area contributed by atoms with Crippen LogP contribution >= 0.6 is 0 Å². The lowest BCUT2D eigenvalue weighted by molar-refractivity contribution is 0.163. The van der Waals surface area contributed by atoms with E-state index in [0.717, 1.165) is 23.9 Å². The molecule has 1 heterocycles. The first-order chi connectivity index (χ1) is 8.70. The molecule has 1 N–H and O–H groups in total. The topological polar surface area (TPSA) is 15.3 Å². The maximum absolute atomic E-state index is 3.69. The van der Waals surface area contributed by atoms with Crippen molar-refractivity contribution in [1.82, 2.24) is 10.2 Å². The smallest absolute Gasteiger partial charge is 0.0105 e. The van der Waals surface area contributed by atoms with Crippen molar-refractivity contribution >= 4 is 0 Å². The second-order valence-corrected chi connectivity index (χ2v) is 6.64. The van der Waals surface area contributed by atoms with Crippen molar-refractivity contribution < 1.29 is 0 Å². The molecule has 2 nitrogen and oxygen atoms in total. The zero-order valence-electron chi connectivity index (χ0n) is 12.6. The van der Waals surface area contributed by atoms with Crippen LogP contribution in [0.1, 0.15) is 59.3 Å². The molecule has 0 aromatic rings. The van der Waals surface area contributed by atoms with Crippen LogP contribution in [0.2, 0.25) is 0 Å². The van der Waals surface area contributed by atoms with Crippen LogP contribution in [0.25, 0.3) is 0 Å². The molecule has 0 spiro atoms. The Hall–Kier alpha value is -0.0800. The van der Waals surface area contributed by atoms with Gasteiger partial charge in [0.2, 0.25) is 0 Å². The van der Waals surface area contributed by atoms with E-state index < -0.39 is 0 Å². The lowest BCUT2D eigenvalue weighted by Gasteiger charge is -2.32. The first kappa shape index (κ1) is 14.3. The van der Waals surface area contributed by atoms with Crippen LogP contribution in [0.5, 0.6) is 0 Å². The molecular formula is C16H32N2. The summed E-state index contributed by atoms with van der Waals surface area (Å²) in [5, 5.41) is 3.69. The zero-order chi connectivity index (χ0) is 13.0. The van der Waals surface area contributed by atoms with Gasteiger partial charge in [-0.05, 0) is 70.5 Å². The minimum Gasteiger partial charge on any atom is -0.314 e. The summed E-state index contributed by atoms with van der Waals surface area (Å²) in [6.07, 6.45) is 8.47. The van der Waals surface area contributed by atoms with Gasteiger partial charge in [-0.2, -0.15) is 0 Å². The number of hydrogen-bond acceptors (Lipinski definition) is 2. The molecule has 0 radical (unpaired) electrons. The largest absolute Gasteiger partial charge is 0.314 e. The Morgan fingerprint density at radius 2 is 1.89 bits per heavy atom. The van der Waals surface area contributed by atoms with Crippen molar-refractivity contribution in [3.05, 3.63) is 0 Å². The fourth-order valence-corrected chi connectivity index (χ4v) is 3.17. The van der Waals surface area contributed by atoms with Crippen molar-refractivity contribution in [3.8, 4) is 0 Å². The highest BCUT2D eigenvalue weighted by Gasteiger charge is 2.26. The predicted octanol–water partition coefficient (Wildman–Crippen LogP) is 3.28. The molecule has 1 saturated carbocycles. The Kier molecular flexibility index (Phi) is 5.50. The lowest BCUT2D eigenvalue weighted by atomic mass is 9.98. The standard InChI is InChI=1S/C16H32N2/c1-4-15-6-5-10-18(11-9-15)14(3)13(2)12-17-16-7-8-16/h13-17H,4-12H2,1-3H3. The SMILES string of the molecule is CCC1CCCN(C(C)C(C)CNC2CC2)CC1. The van der Waals surface area contributed by atoms with Crippen LogP contribution in [-0.4, -0.2) is 36.6 Å². The first-order valence-corrected chi connectivity index (χ1v) is 8.18. The zero-order valence-corrected chi connectivity index (χ0v) is 12.6. The van der Waals surface area contributed by atoms with E-state index in [1.54, 1.807) is 0 Å². The molecule has 2 fully saturated rings. The Bertz CT molecular complexity index is 237. The van der Waals surface area contributed by atoms with Gasteiger partial charge in [-0.3, -0.25) is 0 Å². The van der Waals surface area contributed by atoms with E-state index in [0.29, 0.717) is 0 Å². The van der Waals surface area contributed by atoms with Crippen LogP contribution in [0.3, 0.4) is 0 Å². The third-order valence-corrected chi connectivity index (χ3v) is 5.16. The quantitative estimate of drug-likeness (QED) is 0.780. The second kappa shape index (κ2) is 6.91. The highest BCUT2D eigenvalue weighted by Crippen LogP contribution is 2.24. The highest BCUT2D eigenvalue weighted by atomic mass is 15.2. The molecule has 106 valence electrons. The molecule has 0 bridgehead atoms. The van der Waals surface area contributed by atoms with E-state index in [4.69, 9.17) is 0 Å². The second-order valence-electron chi connectivity index (χ2n) is 6.64. The first-order valence-electron chi connectivity index (χ1n) is 8.18. The van der Waals surface area contributed by atoms with Crippen molar-refractivity contribution in [3.63, 3.8) is 0 Å². The minimum absolute atomic E-state index is 0.742. The van der Waals surface area contributed by atoms with E-state index in [9.17, 15) is 0 Å². The van der Waals surface area contributed by atoms with E-state index in [1.165, 1.54) is 58.2 Å². The van der Waals surface area contributed by atoms with Gasteiger partial charge in [0.25, 0.3) is 0 Å². The summed E-state index contributed by atoms with van der Waals surface area (Å²) < 4.78 is 0. The molecule has 0 amide bonds. The molecule has 0 aromatic carbocycles. The predicted molar refractivity (Wildman–Crippen MR) is 78.9 cm³/mol. The van der Waals surface area contributed by atoms with Crippen LogP contribution < -0.4 is 5.32 Å².